The minimum atomic E-state index is -0.508. The van der Waals surface area contributed by atoms with Crippen molar-refractivity contribution < 1.29 is 14.3 Å². The van der Waals surface area contributed by atoms with E-state index in [1.165, 1.54) is 11.1 Å². The molecule has 1 aromatic heterocycles. The van der Waals surface area contributed by atoms with Crippen LogP contribution in [0.5, 0.6) is 6.01 Å². The van der Waals surface area contributed by atoms with Crippen molar-refractivity contribution in [2.75, 3.05) is 13.1 Å². The molecule has 6 heteroatoms. The summed E-state index contributed by atoms with van der Waals surface area (Å²) in [6.07, 6.45) is 1.36. The maximum absolute atomic E-state index is 12.5. The molecule has 1 amide bonds. The summed E-state index contributed by atoms with van der Waals surface area (Å²) in [5, 5.41) is 0. The SMILES string of the molecule is Cc1ccccc1Cn1c(O[C@H]2CCCN(C(=O)OC(C)(C)C)C2)nc2ccccc21. The van der Waals surface area contributed by atoms with E-state index in [1.807, 2.05) is 39.0 Å². The van der Waals surface area contributed by atoms with Crippen LogP contribution in [0.4, 0.5) is 4.79 Å². The minimum absolute atomic E-state index is 0.117. The number of aryl methyl sites for hydroxylation is 1. The van der Waals surface area contributed by atoms with E-state index < -0.39 is 5.60 Å². The first-order valence-electron chi connectivity index (χ1n) is 10.9. The Kier molecular flexibility index (Phi) is 5.90. The van der Waals surface area contributed by atoms with Crippen molar-refractivity contribution in [1.82, 2.24) is 14.5 Å². The van der Waals surface area contributed by atoms with Gasteiger partial charge in [0.15, 0.2) is 0 Å². The van der Waals surface area contributed by atoms with Crippen LogP contribution in [0.3, 0.4) is 0 Å². The summed E-state index contributed by atoms with van der Waals surface area (Å²) in [5.41, 5.74) is 3.91. The Balaban J connectivity index is 1.57. The van der Waals surface area contributed by atoms with Crippen LogP contribution < -0.4 is 4.74 Å². The minimum Gasteiger partial charge on any atom is -0.459 e. The third-order valence-electron chi connectivity index (χ3n) is 5.51. The average molecular weight is 422 g/mol. The molecule has 1 aliphatic heterocycles. The van der Waals surface area contributed by atoms with Crippen molar-refractivity contribution in [2.24, 2.45) is 0 Å². The number of ether oxygens (including phenoxy) is 2. The van der Waals surface area contributed by atoms with Crippen molar-refractivity contribution in [1.29, 1.82) is 0 Å². The third kappa shape index (κ3) is 5.01. The second-order valence-corrected chi connectivity index (χ2v) is 9.20. The van der Waals surface area contributed by atoms with Gasteiger partial charge < -0.3 is 14.4 Å². The van der Waals surface area contributed by atoms with Gasteiger partial charge in [0.2, 0.25) is 0 Å². The molecule has 0 saturated carbocycles. The first-order valence-corrected chi connectivity index (χ1v) is 10.9. The highest BCUT2D eigenvalue weighted by Crippen LogP contribution is 2.26. The Labute approximate surface area is 183 Å². The molecule has 0 N–H and O–H groups in total. The number of para-hydroxylation sites is 2. The largest absolute Gasteiger partial charge is 0.459 e. The van der Waals surface area contributed by atoms with Crippen LogP contribution in [0.25, 0.3) is 11.0 Å². The van der Waals surface area contributed by atoms with Gasteiger partial charge in [0, 0.05) is 6.54 Å². The Morgan fingerprint density at radius 1 is 1.13 bits per heavy atom. The number of amides is 1. The standard InChI is InChI=1S/C25H31N3O3/c1-18-10-5-6-11-19(18)16-28-22-14-8-7-13-21(22)26-23(28)30-20-12-9-15-27(17-20)24(29)31-25(2,3)4/h5-8,10-11,13-14,20H,9,12,15-17H2,1-4H3/t20-/m0/s1. The summed E-state index contributed by atoms with van der Waals surface area (Å²) in [6.45, 7) is 9.65. The molecule has 1 aliphatic rings. The molecule has 1 fully saturated rings. The topological polar surface area (TPSA) is 56.6 Å². The van der Waals surface area contributed by atoms with E-state index in [-0.39, 0.29) is 12.2 Å². The molecule has 164 valence electrons. The number of hydrogen-bond acceptors (Lipinski definition) is 4. The van der Waals surface area contributed by atoms with Crippen molar-refractivity contribution in [3.05, 3.63) is 59.7 Å². The van der Waals surface area contributed by atoms with E-state index in [0.717, 1.165) is 23.9 Å². The molecular weight excluding hydrogens is 390 g/mol. The first-order chi connectivity index (χ1) is 14.8. The molecule has 0 aliphatic carbocycles. The highest BCUT2D eigenvalue weighted by Gasteiger charge is 2.29. The monoisotopic (exact) mass is 421 g/mol. The molecule has 6 nitrogen and oxygen atoms in total. The fourth-order valence-corrected chi connectivity index (χ4v) is 3.93. The van der Waals surface area contributed by atoms with Gasteiger partial charge in [0.25, 0.3) is 6.01 Å². The van der Waals surface area contributed by atoms with E-state index in [4.69, 9.17) is 14.5 Å². The van der Waals surface area contributed by atoms with Gasteiger partial charge in [0.1, 0.15) is 11.7 Å². The highest BCUT2D eigenvalue weighted by molar-refractivity contribution is 5.76. The van der Waals surface area contributed by atoms with Crippen LogP contribution in [0.1, 0.15) is 44.7 Å². The van der Waals surface area contributed by atoms with E-state index in [0.29, 0.717) is 25.6 Å². The van der Waals surface area contributed by atoms with Gasteiger partial charge in [-0.3, -0.25) is 4.57 Å². The van der Waals surface area contributed by atoms with E-state index in [9.17, 15) is 4.79 Å². The summed E-state index contributed by atoms with van der Waals surface area (Å²) >= 11 is 0. The number of likely N-dealkylation sites (tertiary alicyclic amines) is 1. The molecule has 2 heterocycles. The fraction of sp³-hybridized carbons (Fsp3) is 0.440. The van der Waals surface area contributed by atoms with Crippen molar-refractivity contribution in [2.45, 2.75) is 58.8 Å². The Bertz CT molecular complexity index is 1070. The summed E-state index contributed by atoms with van der Waals surface area (Å²) in [5.74, 6) is 0. The maximum atomic E-state index is 12.5. The normalized spacial score (nSPS) is 17.0. The Hall–Kier alpha value is -3.02. The number of rotatable bonds is 4. The van der Waals surface area contributed by atoms with Crippen LogP contribution in [0, 0.1) is 6.92 Å². The second kappa shape index (κ2) is 8.61. The van der Waals surface area contributed by atoms with Crippen molar-refractivity contribution in [3.63, 3.8) is 0 Å². The van der Waals surface area contributed by atoms with E-state index >= 15 is 0 Å². The zero-order chi connectivity index (χ0) is 22.0. The van der Waals surface area contributed by atoms with Crippen LogP contribution in [-0.2, 0) is 11.3 Å². The molecule has 0 spiro atoms. The summed E-state index contributed by atoms with van der Waals surface area (Å²) < 4.78 is 14.1. The summed E-state index contributed by atoms with van der Waals surface area (Å²) in [4.78, 5) is 19.0. The number of imidazole rings is 1. The zero-order valence-electron chi connectivity index (χ0n) is 18.8. The quantitative estimate of drug-likeness (QED) is 0.583. The highest BCUT2D eigenvalue weighted by atomic mass is 16.6. The number of fused-ring (bicyclic) bond motifs is 1. The molecule has 4 rings (SSSR count). The van der Waals surface area contributed by atoms with Crippen LogP contribution in [-0.4, -0.2) is 45.3 Å². The first kappa shape index (κ1) is 21.2. The summed E-state index contributed by atoms with van der Waals surface area (Å²) in [6, 6.07) is 17.0. The number of benzene rings is 2. The number of carbonyl (C=O) groups is 1. The molecular formula is C25H31N3O3. The molecule has 2 aromatic carbocycles. The van der Waals surface area contributed by atoms with Gasteiger partial charge in [-0.2, -0.15) is 4.98 Å². The maximum Gasteiger partial charge on any atom is 0.410 e. The number of aromatic nitrogens is 2. The Morgan fingerprint density at radius 3 is 2.65 bits per heavy atom. The van der Waals surface area contributed by atoms with E-state index in [1.54, 1.807) is 4.90 Å². The van der Waals surface area contributed by atoms with Crippen LogP contribution in [0.2, 0.25) is 0 Å². The predicted molar refractivity (Wildman–Crippen MR) is 121 cm³/mol. The number of nitrogens with zero attached hydrogens (tertiary/aromatic N) is 3. The third-order valence-corrected chi connectivity index (χ3v) is 5.51. The molecule has 1 atom stereocenters. The number of carbonyl (C=O) groups excluding carboxylic acids is 1. The molecule has 31 heavy (non-hydrogen) atoms. The molecule has 0 unspecified atom stereocenters. The molecule has 1 saturated heterocycles. The lowest BCUT2D eigenvalue weighted by atomic mass is 10.1. The van der Waals surface area contributed by atoms with Gasteiger partial charge in [-0.15, -0.1) is 0 Å². The van der Waals surface area contributed by atoms with Crippen LogP contribution >= 0.6 is 0 Å². The zero-order valence-corrected chi connectivity index (χ0v) is 18.8. The lowest BCUT2D eigenvalue weighted by Crippen LogP contribution is -2.46. The molecule has 0 bridgehead atoms. The van der Waals surface area contributed by atoms with Crippen molar-refractivity contribution in [3.8, 4) is 6.01 Å². The van der Waals surface area contributed by atoms with Gasteiger partial charge in [-0.25, -0.2) is 4.79 Å². The van der Waals surface area contributed by atoms with Gasteiger partial charge >= 0.3 is 6.09 Å². The lowest BCUT2D eigenvalue weighted by molar-refractivity contribution is 0.00626. The van der Waals surface area contributed by atoms with Gasteiger partial charge in [-0.05, 0) is 63.8 Å². The number of piperidine rings is 1. The fourth-order valence-electron chi connectivity index (χ4n) is 3.93. The number of hydrogen-bond donors (Lipinski definition) is 0. The lowest BCUT2D eigenvalue weighted by Gasteiger charge is -2.34. The summed E-state index contributed by atoms with van der Waals surface area (Å²) in [7, 11) is 0. The van der Waals surface area contributed by atoms with E-state index in [2.05, 4.69) is 41.8 Å². The van der Waals surface area contributed by atoms with Gasteiger partial charge in [0.05, 0.1) is 24.1 Å². The smallest absolute Gasteiger partial charge is 0.410 e. The Morgan fingerprint density at radius 2 is 1.87 bits per heavy atom. The van der Waals surface area contributed by atoms with Gasteiger partial charge in [-0.1, -0.05) is 36.4 Å². The molecule has 3 aromatic rings. The second-order valence-electron chi connectivity index (χ2n) is 9.20. The average Bonchev–Trinajstić information content (AvgIpc) is 3.06. The van der Waals surface area contributed by atoms with Crippen molar-refractivity contribution >= 4 is 17.1 Å². The molecule has 0 radical (unpaired) electrons. The predicted octanol–water partition coefficient (Wildman–Crippen LogP) is 5.17. The van der Waals surface area contributed by atoms with Crippen LogP contribution in [0.15, 0.2) is 48.5 Å².